The Kier molecular flexibility index (Phi) is 1.04. The van der Waals surface area contributed by atoms with Gasteiger partial charge in [-0.25, -0.2) is 0 Å². The molecule has 2 N–H and O–H groups in total. The monoisotopic (exact) mass is 187 g/mol. The molecular formula is C11H20O2. The van der Waals surface area contributed by atoms with Gasteiger partial charge in [-0.1, -0.05) is 20.8 Å². The second-order valence-corrected chi connectivity index (χ2v) is 5.41. The maximum atomic E-state index is 10.6. The maximum Gasteiger partial charge on any atom is 0.0938 e. The van der Waals surface area contributed by atoms with Crippen molar-refractivity contribution in [1.82, 2.24) is 0 Å². The van der Waals surface area contributed by atoms with Crippen molar-refractivity contribution in [3.8, 4) is 0 Å². The highest BCUT2D eigenvalue weighted by Crippen LogP contribution is 2.69. The molecule has 0 amide bonds. The molecule has 2 saturated carbocycles. The molecule has 2 fully saturated rings. The third-order valence-electron chi connectivity index (χ3n) is 4.95. The molecule has 13 heavy (non-hydrogen) atoms. The van der Waals surface area contributed by atoms with Crippen LogP contribution in [0.1, 0.15) is 44.6 Å². The molecule has 0 aromatic heterocycles. The van der Waals surface area contributed by atoms with E-state index in [9.17, 15) is 10.2 Å². The lowest BCUT2D eigenvalue weighted by Gasteiger charge is -2.44. The molecule has 0 saturated heterocycles. The van der Waals surface area contributed by atoms with Gasteiger partial charge in [0.2, 0.25) is 0 Å². The topological polar surface area (TPSA) is 40.5 Å². The smallest absolute Gasteiger partial charge is 0.0938 e. The van der Waals surface area contributed by atoms with E-state index >= 15 is 0 Å². The van der Waals surface area contributed by atoms with Crippen LogP contribution in [0.4, 0.5) is 0 Å². The maximum absolute atomic E-state index is 10.6. The lowest BCUT2D eigenvalue weighted by Crippen LogP contribution is -2.51. The average molecular weight is 187 g/mol. The Morgan fingerprint density at radius 3 is 2.31 bits per heavy atom. The predicted octanol–water partition coefficient (Wildman–Crippen LogP) is 1.55. The van der Waals surface area contributed by atoms with Gasteiger partial charge in [0, 0.05) is 9.53 Å². The van der Waals surface area contributed by atoms with Gasteiger partial charge in [-0.15, -0.1) is 0 Å². The summed E-state index contributed by atoms with van der Waals surface area (Å²) in [6, 6.07) is 0. The summed E-state index contributed by atoms with van der Waals surface area (Å²) in [6.07, 6.45) is 0.313. The van der Waals surface area contributed by atoms with Gasteiger partial charge >= 0.3 is 0 Å². The van der Waals surface area contributed by atoms with E-state index in [2.05, 4.69) is 0 Å². The highest BCUT2D eigenvalue weighted by atomic mass is 16.3. The quantitative estimate of drug-likeness (QED) is 0.604. The van der Waals surface area contributed by atoms with Crippen LogP contribution in [-0.2, 0) is 0 Å². The van der Waals surface area contributed by atoms with Crippen LogP contribution in [0.3, 0.4) is 0 Å². The van der Waals surface area contributed by atoms with Gasteiger partial charge < -0.3 is 10.2 Å². The summed E-state index contributed by atoms with van der Waals surface area (Å²) >= 11 is 0. The summed E-state index contributed by atoms with van der Waals surface area (Å²) in [7, 11) is 0. The van der Waals surface area contributed by atoms with Crippen molar-refractivity contribution >= 4 is 0 Å². The van der Waals surface area contributed by atoms with E-state index in [1.807, 2.05) is 13.8 Å². The lowest BCUT2D eigenvalue weighted by molar-refractivity contribution is -0.134. The lowest BCUT2D eigenvalue weighted by atomic mass is 9.65. The van der Waals surface area contributed by atoms with Crippen LogP contribution in [0.15, 0.2) is 0 Å². The minimum absolute atomic E-state index is 0.122. The molecule has 0 aromatic carbocycles. The van der Waals surface area contributed by atoms with Crippen molar-refractivity contribution in [2.45, 2.75) is 52.2 Å². The molecule has 2 rings (SSSR count). The van der Waals surface area contributed by atoms with Crippen LogP contribution in [0.25, 0.3) is 0 Å². The van der Waals surface area contributed by atoms with E-state index in [-0.39, 0.29) is 11.3 Å². The largest absolute Gasteiger partial charge is 0.390 e. The number of fused-ring (bicyclic) bond motifs is 2. The van der Waals surface area contributed by atoms with Crippen LogP contribution < -0.4 is 0 Å². The average Bonchev–Trinajstić information content (AvgIpc) is 2.39. The number of hydrogen-bond donors (Lipinski definition) is 2. The van der Waals surface area contributed by atoms with E-state index in [1.54, 1.807) is 6.92 Å². The molecule has 2 bridgehead atoms. The summed E-state index contributed by atoms with van der Waals surface area (Å²) in [5.74, 6) is -0.122. The molecular weight excluding hydrogens is 164 g/mol. The molecule has 0 unspecified atom stereocenters. The second kappa shape index (κ2) is 2.12. The van der Waals surface area contributed by atoms with E-state index in [4.69, 9.17) is 4.11 Å². The molecule has 76 valence electrons. The molecule has 2 aliphatic rings. The standard InChI is InChI=1S/C11H20O2/c1-9(2)7-5-6-10(9,3)11(4,13)8(7)12/h7-8,12-13H,5-6H2,1-4H3/t7-,8-,10-,11-/m0/s1/i4D3. The molecule has 2 nitrogen and oxygen atoms in total. The fourth-order valence-electron chi connectivity index (χ4n) is 3.39. The Labute approximate surface area is 84.2 Å². The summed E-state index contributed by atoms with van der Waals surface area (Å²) in [4.78, 5) is 0. The fraction of sp³-hybridized carbons (Fsp3) is 1.00. The SMILES string of the molecule is [2H]C([2H])([2H])[C@]1(O)[C@@H](O)[C@@H]2CC[C@@]1(C)C2(C)C. The number of aliphatic hydroxyl groups excluding tert-OH is 1. The van der Waals surface area contributed by atoms with Crippen molar-refractivity contribution < 1.29 is 14.3 Å². The Bertz CT molecular complexity index is 326. The number of hydrogen-bond acceptors (Lipinski definition) is 2. The van der Waals surface area contributed by atoms with Gasteiger partial charge in [-0.2, -0.15) is 0 Å². The summed E-state index contributed by atoms with van der Waals surface area (Å²) < 4.78 is 22.6. The first-order valence-corrected chi connectivity index (χ1v) is 4.90. The highest BCUT2D eigenvalue weighted by Gasteiger charge is 2.71. The summed E-state index contributed by atoms with van der Waals surface area (Å²) in [6.45, 7) is 3.18. The Balaban J connectivity index is 2.60. The predicted molar refractivity (Wildman–Crippen MR) is 51.2 cm³/mol. The van der Waals surface area contributed by atoms with Crippen LogP contribution in [0.5, 0.6) is 0 Å². The van der Waals surface area contributed by atoms with Gasteiger partial charge in [0.15, 0.2) is 0 Å². The first-order valence-electron chi connectivity index (χ1n) is 6.40. The minimum atomic E-state index is -2.53. The van der Waals surface area contributed by atoms with Gasteiger partial charge in [0.1, 0.15) is 0 Å². The van der Waals surface area contributed by atoms with Crippen molar-refractivity contribution in [2.24, 2.45) is 16.7 Å². The van der Waals surface area contributed by atoms with Crippen molar-refractivity contribution in [2.75, 3.05) is 0 Å². The van der Waals surface area contributed by atoms with Crippen molar-refractivity contribution in [3.05, 3.63) is 0 Å². The highest BCUT2D eigenvalue weighted by molar-refractivity contribution is 5.20. The normalized spacial score (nSPS) is 63.0. The zero-order valence-electron chi connectivity index (χ0n) is 11.5. The van der Waals surface area contributed by atoms with Crippen LogP contribution in [0, 0.1) is 16.7 Å². The number of aliphatic hydroxyl groups is 2. The van der Waals surface area contributed by atoms with Crippen LogP contribution in [0.2, 0.25) is 0 Å². The molecule has 0 aliphatic heterocycles. The Hall–Kier alpha value is -0.0800. The van der Waals surface area contributed by atoms with Crippen molar-refractivity contribution in [1.29, 1.82) is 0 Å². The molecule has 0 heterocycles. The zero-order chi connectivity index (χ0) is 12.6. The van der Waals surface area contributed by atoms with Crippen molar-refractivity contribution in [3.63, 3.8) is 0 Å². The fourth-order valence-corrected chi connectivity index (χ4v) is 3.39. The summed E-state index contributed by atoms with van der Waals surface area (Å²) in [5.41, 5.74) is -3.04. The van der Waals surface area contributed by atoms with Gasteiger partial charge in [0.05, 0.1) is 11.7 Å². The minimum Gasteiger partial charge on any atom is -0.390 e. The van der Waals surface area contributed by atoms with Crippen LogP contribution in [-0.4, -0.2) is 21.9 Å². The molecule has 4 atom stereocenters. The first-order chi connectivity index (χ1) is 7.00. The molecule has 2 heteroatoms. The van der Waals surface area contributed by atoms with E-state index < -0.39 is 24.0 Å². The third-order valence-corrected chi connectivity index (χ3v) is 4.95. The Morgan fingerprint density at radius 2 is 2.00 bits per heavy atom. The van der Waals surface area contributed by atoms with Gasteiger partial charge in [-0.3, -0.25) is 0 Å². The molecule has 0 radical (unpaired) electrons. The van der Waals surface area contributed by atoms with E-state index in [1.165, 1.54) is 0 Å². The second-order valence-electron chi connectivity index (χ2n) is 5.41. The summed E-state index contributed by atoms with van der Waals surface area (Å²) in [5, 5.41) is 20.7. The molecule has 2 aliphatic carbocycles. The van der Waals surface area contributed by atoms with Gasteiger partial charge in [-0.05, 0) is 31.0 Å². The third kappa shape index (κ3) is 0.736. The Morgan fingerprint density at radius 1 is 1.38 bits per heavy atom. The van der Waals surface area contributed by atoms with E-state index in [0.717, 1.165) is 6.42 Å². The molecule has 0 aromatic rings. The van der Waals surface area contributed by atoms with Gasteiger partial charge in [0.25, 0.3) is 0 Å². The van der Waals surface area contributed by atoms with Crippen LogP contribution >= 0.6 is 0 Å². The van der Waals surface area contributed by atoms with E-state index in [0.29, 0.717) is 6.42 Å². The number of rotatable bonds is 0. The molecule has 0 spiro atoms. The zero-order valence-corrected chi connectivity index (χ0v) is 8.46. The first kappa shape index (κ1) is 6.41.